The Hall–Kier alpha value is -1.94. The lowest BCUT2D eigenvalue weighted by Crippen LogP contribution is -2.30. The first-order chi connectivity index (χ1) is 43.2. The average Bonchev–Trinajstić information content (AvgIpc) is 3.55. The van der Waals surface area contributed by atoms with Gasteiger partial charge in [-0.25, -0.2) is 9.13 Å². The summed E-state index contributed by atoms with van der Waals surface area (Å²) in [7, 11) is -9.90. The molecule has 0 aromatic carbocycles. The van der Waals surface area contributed by atoms with E-state index in [0.717, 1.165) is 120 Å². The van der Waals surface area contributed by atoms with E-state index in [9.17, 15) is 43.2 Å². The number of hydrogen-bond donors (Lipinski definition) is 3. The predicted molar refractivity (Wildman–Crippen MR) is 363 cm³/mol. The molecule has 5 atom stereocenters. The number of aliphatic hydroxyl groups excluding tert-OH is 1. The molecule has 0 heterocycles. The summed E-state index contributed by atoms with van der Waals surface area (Å²) in [5.74, 6) is 0.177. The molecule has 2 unspecified atom stereocenters. The highest BCUT2D eigenvalue weighted by molar-refractivity contribution is 7.47. The SMILES string of the molecule is CCCCCCCCCC(=O)OC[C@H](COP(=O)(O)OC[C@H](O)COP(=O)(O)OC[C@@H](COC(=O)CCCCCCCCCCCCC(C)C)OC(=O)CCCCCCCCCCCCCCCCC(C)C)OC(=O)CCCCCCCCCCCCC(C)C. The number of carbonyl (C=O) groups excluding carboxylic acids is 4. The second-order valence-corrected chi connectivity index (χ2v) is 30.0. The smallest absolute Gasteiger partial charge is 0.462 e. The van der Waals surface area contributed by atoms with Gasteiger partial charge in [0.15, 0.2) is 12.2 Å². The predicted octanol–water partition coefficient (Wildman–Crippen LogP) is 20.2. The number of esters is 4. The van der Waals surface area contributed by atoms with Crippen molar-refractivity contribution >= 4 is 39.5 Å². The molecule has 0 rings (SSSR count). The number of phosphoric acid groups is 2. The van der Waals surface area contributed by atoms with Gasteiger partial charge in [0.25, 0.3) is 0 Å². The maximum absolute atomic E-state index is 13.0. The molecule has 0 bridgehead atoms. The summed E-state index contributed by atoms with van der Waals surface area (Å²) in [6, 6.07) is 0. The zero-order valence-electron chi connectivity index (χ0n) is 58.6. The molecule has 0 radical (unpaired) electrons. The summed E-state index contributed by atoms with van der Waals surface area (Å²) in [6.45, 7) is 11.8. The highest BCUT2D eigenvalue weighted by atomic mass is 31.2. The van der Waals surface area contributed by atoms with Crippen molar-refractivity contribution in [1.29, 1.82) is 0 Å². The Morgan fingerprint density at radius 3 is 0.756 bits per heavy atom. The molecule has 0 amide bonds. The molecule has 0 saturated heterocycles. The molecule has 0 aliphatic carbocycles. The minimum absolute atomic E-state index is 0.105. The third-order valence-corrected chi connectivity index (χ3v) is 18.3. The molecular formula is C71H138O17P2. The van der Waals surface area contributed by atoms with Crippen LogP contribution in [-0.2, 0) is 65.4 Å². The Morgan fingerprint density at radius 1 is 0.300 bits per heavy atom. The number of rotatable bonds is 69. The normalized spacial score (nSPS) is 14.2. The molecule has 0 saturated carbocycles. The number of phosphoric ester groups is 2. The number of aliphatic hydroxyl groups is 1. The molecule has 19 heteroatoms. The Kier molecular flexibility index (Phi) is 60.6. The van der Waals surface area contributed by atoms with E-state index in [0.29, 0.717) is 25.7 Å². The van der Waals surface area contributed by atoms with Crippen molar-refractivity contribution in [1.82, 2.24) is 0 Å². The van der Waals surface area contributed by atoms with Crippen molar-refractivity contribution in [2.75, 3.05) is 39.6 Å². The number of hydrogen-bond acceptors (Lipinski definition) is 15. The monoisotopic (exact) mass is 1320 g/mol. The number of ether oxygens (including phenoxy) is 4. The van der Waals surface area contributed by atoms with Crippen LogP contribution >= 0.6 is 15.6 Å². The van der Waals surface area contributed by atoms with Crippen LogP contribution in [0.2, 0.25) is 0 Å². The summed E-state index contributed by atoms with van der Waals surface area (Å²) in [5, 5.41) is 10.6. The fraction of sp³-hybridized carbons (Fsp3) is 0.944. The van der Waals surface area contributed by atoms with Gasteiger partial charge in [0.05, 0.1) is 26.4 Å². The standard InChI is InChI=1S/C71H138O17P2/c1-8-9-10-11-28-38-45-52-68(73)81-58-66(87-71(76)55-48-41-34-27-21-19-24-31-37-44-51-64(6)7)60-85-89(77,78)83-56-65(72)57-84-90(79,80)86-61-67(59-82-69(74)53-46-39-32-25-20-18-23-30-36-43-50-63(4)5)88-70(75)54-47-40-33-26-17-15-13-12-14-16-22-29-35-42-49-62(2)3/h62-67,72H,8-61H2,1-7H3,(H,77,78)(H,79,80)/t65-,66+,67+/m0/s1. The first-order valence-electron chi connectivity index (χ1n) is 36.8. The van der Waals surface area contributed by atoms with Gasteiger partial charge in [0.1, 0.15) is 19.3 Å². The Bertz CT molecular complexity index is 1770. The number of unbranched alkanes of at least 4 members (excludes halogenated alkanes) is 37. The van der Waals surface area contributed by atoms with Crippen molar-refractivity contribution in [3.8, 4) is 0 Å². The van der Waals surface area contributed by atoms with Gasteiger partial charge in [0, 0.05) is 25.7 Å². The van der Waals surface area contributed by atoms with Crippen LogP contribution < -0.4 is 0 Å². The van der Waals surface area contributed by atoms with E-state index in [1.165, 1.54) is 154 Å². The maximum Gasteiger partial charge on any atom is 0.472 e. The largest absolute Gasteiger partial charge is 0.472 e. The first kappa shape index (κ1) is 88.1. The van der Waals surface area contributed by atoms with E-state index in [-0.39, 0.29) is 25.7 Å². The second kappa shape index (κ2) is 61.9. The molecule has 0 aromatic heterocycles. The minimum atomic E-state index is -4.95. The Balaban J connectivity index is 5.21. The zero-order chi connectivity index (χ0) is 66.6. The molecule has 0 aliphatic heterocycles. The summed E-state index contributed by atoms with van der Waals surface area (Å²) in [4.78, 5) is 72.5. The van der Waals surface area contributed by atoms with Crippen molar-refractivity contribution in [3.63, 3.8) is 0 Å². The summed E-state index contributed by atoms with van der Waals surface area (Å²) in [5.41, 5.74) is 0. The summed E-state index contributed by atoms with van der Waals surface area (Å²) in [6.07, 6.45) is 45.9. The van der Waals surface area contributed by atoms with Crippen molar-refractivity contribution in [3.05, 3.63) is 0 Å². The average molecular weight is 1330 g/mol. The van der Waals surface area contributed by atoms with Crippen LogP contribution in [-0.4, -0.2) is 96.7 Å². The third kappa shape index (κ3) is 64.8. The van der Waals surface area contributed by atoms with Gasteiger partial charge in [0.2, 0.25) is 0 Å². The molecule has 0 fully saturated rings. The molecule has 0 aromatic rings. The van der Waals surface area contributed by atoms with E-state index in [1.807, 2.05) is 0 Å². The van der Waals surface area contributed by atoms with E-state index in [1.54, 1.807) is 0 Å². The molecule has 90 heavy (non-hydrogen) atoms. The minimum Gasteiger partial charge on any atom is -0.462 e. The van der Waals surface area contributed by atoms with E-state index < -0.39 is 97.5 Å². The molecule has 3 N–H and O–H groups in total. The van der Waals surface area contributed by atoms with Crippen LogP contribution in [0.5, 0.6) is 0 Å². The lowest BCUT2D eigenvalue weighted by atomic mass is 10.0. The van der Waals surface area contributed by atoms with Gasteiger partial charge in [-0.15, -0.1) is 0 Å². The molecule has 0 spiro atoms. The van der Waals surface area contributed by atoms with Gasteiger partial charge in [-0.3, -0.25) is 37.3 Å². The zero-order valence-corrected chi connectivity index (χ0v) is 60.4. The van der Waals surface area contributed by atoms with Gasteiger partial charge in [-0.1, -0.05) is 305 Å². The maximum atomic E-state index is 13.0. The number of carbonyl (C=O) groups is 4. The Morgan fingerprint density at radius 2 is 0.511 bits per heavy atom. The van der Waals surface area contributed by atoms with Gasteiger partial charge in [-0.2, -0.15) is 0 Å². The fourth-order valence-corrected chi connectivity index (χ4v) is 12.3. The van der Waals surface area contributed by atoms with Crippen LogP contribution in [0.4, 0.5) is 0 Å². The van der Waals surface area contributed by atoms with Gasteiger partial charge < -0.3 is 33.8 Å². The van der Waals surface area contributed by atoms with Gasteiger partial charge >= 0.3 is 39.5 Å². The van der Waals surface area contributed by atoms with Crippen molar-refractivity contribution < 1.29 is 80.2 Å². The quantitative estimate of drug-likeness (QED) is 0.0222. The molecular weight excluding hydrogens is 1190 g/mol. The second-order valence-electron chi connectivity index (χ2n) is 27.1. The van der Waals surface area contributed by atoms with Crippen LogP contribution in [0.25, 0.3) is 0 Å². The molecule has 0 aliphatic rings. The van der Waals surface area contributed by atoms with Gasteiger partial charge in [-0.05, 0) is 43.4 Å². The van der Waals surface area contributed by atoms with E-state index >= 15 is 0 Å². The van der Waals surface area contributed by atoms with Crippen LogP contribution in [0, 0.1) is 17.8 Å². The van der Waals surface area contributed by atoms with Crippen LogP contribution in [0.1, 0.15) is 357 Å². The van der Waals surface area contributed by atoms with Crippen LogP contribution in [0.15, 0.2) is 0 Å². The lowest BCUT2D eigenvalue weighted by molar-refractivity contribution is -0.161. The first-order valence-corrected chi connectivity index (χ1v) is 39.8. The van der Waals surface area contributed by atoms with Crippen LogP contribution in [0.3, 0.4) is 0 Å². The topological polar surface area (TPSA) is 237 Å². The van der Waals surface area contributed by atoms with Crippen molar-refractivity contribution in [2.24, 2.45) is 17.8 Å². The lowest BCUT2D eigenvalue weighted by Gasteiger charge is -2.21. The summed E-state index contributed by atoms with van der Waals surface area (Å²) >= 11 is 0. The molecule has 534 valence electrons. The fourth-order valence-electron chi connectivity index (χ4n) is 10.7. The highest BCUT2D eigenvalue weighted by Crippen LogP contribution is 2.45. The van der Waals surface area contributed by atoms with E-state index in [4.69, 9.17) is 37.0 Å². The molecule has 17 nitrogen and oxygen atoms in total. The Labute approximate surface area is 549 Å². The van der Waals surface area contributed by atoms with E-state index in [2.05, 4.69) is 48.5 Å². The highest BCUT2D eigenvalue weighted by Gasteiger charge is 2.30. The summed E-state index contributed by atoms with van der Waals surface area (Å²) < 4.78 is 68.2. The van der Waals surface area contributed by atoms with Crippen molar-refractivity contribution in [2.45, 2.75) is 375 Å². The third-order valence-electron chi connectivity index (χ3n) is 16.4.